The number of fused-ring (bicyclic) bond motifs is 1. The molecule has 1 fully saturated rings. The first kappa shape index (κ1) is 23.2. The van der Waals surface area contributed by atoms with Crippen LogP contribution < -0.4 is 4.80 Å². The van der Waals surface area contributed by atoms with Crippen LogP contribution in [0.15, 0.2) is 52.4 Å². The van der Waals surface area contributed by atoms with Gasteiger partial charge in [0, 0.05) is 44.4 Å². The molecule has 12 heteroatoms. The number of carbonyl (C=O) groups excluding carboxylic acids is 1. The van der Waals surface area contributed by atoms with Crippen molar-refractivity contribution in [2.75, 3.05) is 26.8 Å². The summed E-state index contributed by atoms with van der Waals surface area (Å²) in [6, 6.07) is 10.2. The average molecular weight is 491 g/mol. The number of hydrogen-bond donors (Lipinski definition) is 0. The molecule has 0 unspecified atom stereocenters. The highest BCUT2D eigenvalue weighted by Gasteiger charge is 2.27. The number of ether oxygens (including phenoxy) is 1. The van der Waals surface area contributed by atoms with Gasteiger partial charge in [-0.15, -0.1) is 0 Å². The molecule has 1 aliphatic rings. The minimum absolute atomic E-state index is 0.0563. The van der Waals surface area contributed by atoms with E-state index in [1.165, 1.54) is 59.2 Å². The molecule has 174 valence electrons. The first-order chi connectivity index (χ1) is 15.8. The molecule has 0 atom stereocenters. The zero-order valence-electron chi connectivity index (χ0n) is 17.8. The maximum absolute atomic E-state index is 12.8. The minimum atomic E-state index is -3.57. The number of non-ortho nitro benzene ring substituents is 1. The summed E-state index contributed by atoms with van der Waals surface area (Å²) in [6.45, 7) is 1.70. The summed E-state index contributed by atoms with van der Waals surface area (Å²) in [7, 11) is -2.03. The number of amides is 1. The molecule has 0 saturated carbocycles. The predicted octanol–water partition coefficient (Wildman–Crippen LogP) is 2.78. The van der Waals surface area contributed by atoms with Crippen molar-refractivity contribution in [1.82, 2.24) is 8.87 Å². The Morgan fingerprint density at radius 1 is 1.18 bits per heavy atom. The van der Waals surface area contributed by atoms with Gasteiger partial charge in [0.1, 0.15) is 0 Å². The smallest absolute Gasteiger partial charge is 0.279 e. The normalized spacial score (nSPS) is 15.4. The Balaban J connectivity index is 1.68. The quantitative estimate of drug-likeness (QED) is 0.371. The lowest BCUT2D eigenvalue weighted by molar-refractivity contribution is -0.384. The Morgan fingerprint density at radius 3 is 2.52 bits per heavy atom. The SMILES string of the molecule is COCCn1c(=NC(=O)c2ccc(S(=O)(=O)N3CCCC3)cc2)sc2ccc([N+](=O)[O-])cc21. The molecule has 1 saturated heterocycles. The van der Waals surface area contributed by atoms with Crippen LogP contribution in [0, 0.1) is 10.1 Å². The molecule has 10 nitrogen and oxygen atoms in total. The fraction of sp³-hybridized carbons (Fsp3) is 0.333. The Morgan fingerprint density at radius 2 is 1.88 bits per heavy atom. The molecule has 1 aromatic heterocycles. The summed E-state index contributed by atoms with van der Waals surface area (Å²) in [5, 5.41) is 11.2. The molecule has 0 N–H and O–H groups in total. The Hall–Kier alpha value is -2.93. The summed E-state index contributed by atoms with van der Waals surface area (Å²) in [5.74, 6) is -0.535. The second-order valence-electron chi connectivity index (χ2n) is 7.49. The third kappa shape index (κ3) is 4.74. The van der Waals surface area contributed by atoms with Crippen LogP contribution in [0.4, 0.5) is 5.69 Å². The van der Waals surface area contributed by atoms with Crippen LogP contribution in [0.5, 0.6) is 0 Å². The van der Waals surface area contributed by atoms with Crippen LogP contribution in [0.3, 0.4) is 0 Å². The van der Waals surface area contributed by atoms with Crippen LogP contribution in [0.2, 0.25) is 0 Å². The van der Waals surface area contributed by atoms with Gasteiger partial charge in [-0.05, 0) is 43.2 Å². The first-order valence-electron chi connectivity index (χ1n) is 10.3. The van der Waals surface area contributed by atoms with Gasteiger partial charge in [0.25, 0.3) is 11.6 Å². The van der Waals surface area contributed by atoms with Gasteiger partial charge in [0.05, 0.1) is 26.6 Å². The van der Waals surface area contributed by atoms with Gasteiger partial charge in [-0.2, -0.15) is 9.30 Å². The molecule has 0 aliphatic carbocycles. The molecule has 4 rings (SSSR count). The van der Waals surface area contributed by atoms with E-state index in [1.807, 2.05) is 0 Å². The van der Waals surface area contributed by atoms with Crippen molar-refractivity contribution in [1.29, 1.82) is 0 Å². The summed E-state index contributed by atoms with van der Waals surface area (Å²) >= 11 is 1.24. The van der Waals surface area contributed by atoms with Gasteiger partial charge < -0.3 is 9.30 Å². The number of rotatable bonds is 7. The van der Waals surface area contributed by atoms with Gasteiger partial charge in [0.15, 0.2) is 4.80 Å². The van der Waals surface area contributed by atoms with Crippen LogP contribution in [0.25, 0.3) is 10.2 Å². The molecule has 1 aliphatic heterocycles. The second kappa shape index (κ2) is 9.51. The van der Waals surface area contributed by atoms with E-state index in [4.69, 9.17) is 4.74 Å². The maximum Gasteiger partial charge on any atom is 0.279 e. The van der Waals surface area contributed by atoms with Crippen molar-refractivity contribution in [2.45, 2.75) is 24.3 Å². The number of methoxy groups -OCH3 is 1. The number of sulfonamides is 1. The van der Waals surface area contributed by atoms with E-state index in [2.05, 4.69) is 4.99 Å². The van der Waals surface area contributed by atoms with Crippen LogP contribution in [-0.4, -0.2) is 54.9 Å². The fourth-order valence-electron chi connectivity index (χ4n) is 3.65. The Bertz CT molecular complexity index is 1370. The number of aromatic nitrogens is 1. The van der Waals surface area contributed by atoms with Crippen molar-refractivity contribution in [3.05, 3.63) is 62.9 Å². The van der Waals surface area contributed by atoms with E-state index >= 15 is 0 Å². The van der Waals surface area contributed by atoms with E-state index in [-0.39, 0.29) is 16.1 Å². The van der Waals surface area contributed by atoms with E-state index in [1.54, 1.807) is 10.6 Å². The Labute approximate surface area is 193 Å². The third-order valence-corrected chi connectivity index (χ3v) is 8.37. The van der Waals surface area contributed by atoms with Crippen LogP contribution >= 0.6 is 11.3 Å². The van der Waals surface area contributed by atoms with E-state index in [0.717, 1.165) is 17.5 Å². The molecule has 1 amide bonds. The lowest BCUT2D eigenvalue weighted by atomic mass is 10.2. The molecule has 3 aromatic rings. The maximum atomic E-state index is 12.8. The zero-order valence-corrected chi connectivity index (χ0v) is 19.5. The average Bonchev–Trinajstić information content (AvgIpc) is 3.46. The van der Waals surface area contributed by atoms with E-state index < -0.39 is 20.9 Å². The fourth-order valence-corrected chi connectivity index (χ4v) is 6.21. The standard InChI is InChI=1S/C21H22N4O6S2/c1-31-13-12-24-18-14-16(25(27)28)6-9-19(18)32-21(24)22-20(26)15-4-7-17(8-5-15)33(29,30)23-10-2-3-11-23/h4-9,14H,2-3,10-13H2,1H3. The first-order valence-corrected chi connectivity index (χ1v) is 12.5. The second-order valence-corrected chi connectivity index (χ2v) is 10.4. The molecule has 0 spiro atoms. The molecule has 33 heavy (non-hydrogen) atoms. The van der Waals surface area contributed by atoms with Crippen molar-refractivity contribution in [3.8, 4) is 0 Å². The van der Waals surface area contributed by atoms with Crippen LogP contribution in [0.1, 0.15) is 23.2 Å². The summed E-state index contributed by atoms with van der Waals surface area (Å²) < 4.78 is 34.4. The summed E-state index contributed by atoms with van der Waals surface area (Å²) in [5.41, 5.74) is 0.779. The number of nitro groups is 1. The zero-order chi connectivity index (χ0) is 23.6. The lowest BCUT2D eigenvalue weighted by Gasteiger charge is -2.15. The minimum Gasteiger partial charge on any atom is -0.383 e. The van der Waals surface area contributed by atoms with Gasteiger partial charge in [-0.3, -0.25) is 14.9 Å². The van der Waals surface area contributed by atoms with Gasteiger partial charge in [0.2, 0.25) is 10.0 Å². The Kier molecular flexibility index (Phi) is 6.70. The number of benzene rings is 2. The van der Waals surface area contributed by atoms with Gasteiger partial charge >= 0.3 is 0 Å². The largest absolute Gasteiger partial charge is 0.383 e. The summed E-state index contributed by atoms with van der Waals surface area (Å²) in [4.78, 5) is 28.3. The van der Waals surface area contributed by atoms with E-state index in [9.17, 15) is 23.3 Å². The van der Waals surface area contributed by atoms with Crippen molar-refractivity contribution in [3.63, 3.8) is 0 Å². The molecule has 0 bridgehead atoms. The number of thiazole rings is 1. The van der Waals surface area contributed by atoms with Gasteiger partial charge in [-0.1, -0.05) is 11.3 Å². The van der Waals surface area contributed by atoms with Crippen molar-refractivity contribution < 1.29 is 22.9 Å². The highest BCUT2D eigenvalue weighted by atomic mass is 32.2. The monoisotopic (exact) mass is 490 g/mol. The molecule has 2 heterocycles. The van der Waals surface area contributed by atoms with Crippen LogP contribution in [-0.2, 0) is 21.3 Å². The van der Waals surface area contributed by atoms with E-state index in [0.29, 0.717) is 36.6 Å². The predicted molar refractivity (Wildman–Crippen MR) is 123 cm³/mol. The highest BCUT2D eigenvalue weighted by Crippen LogP contribution is 2.24. The molecule has 2 aromatic carbocycles. The van der Waals surface area contributed by atoms with Crippen molar-refractivity contribution in [2.24, 2.45) is 4.99 Å². The summed E-state index contributed by atoms with van der Waals surface area (Å²) in [6.07, 6.45) is 1.69. The molecular weight excluding hydrogens is 468 g/mol. The number of hydrogen-bond acceptors (Lipinski definition) is 7. The number of nitrogens with zero attached hydrogens (tertiary/aromatic N) is 4. The topological polar surface area (TPSA) is 124 Å². The highest BCUT2D eigenvalue weighted by molar-refractivity contribution is 7.89. The number of nitro benzene ring substituents is 1. The van der Waals surface area contributed by atoms with Crippen molar-refractivity contribution >= 4 is 43.2 Å². The molecular formula is C21H22N4O6S2. The third-order valence-electron chi connectivity index (χ3n) is 5.40. The molecule has 0 radical (unpaired) electrons. The number of carbonyl (C=O) groups is 1. The van der Waals surface area contributed by atoms with Gasteiger partial charge in [-0.25, -0.2) is 8.42 Å². The lowest BCUT2D eigenvalue weighted by Crippen LogP contribution is -2.27.